The maximum atomic E-state index is 12.7. The standard InChI is InChI=1S/C18H23N3O4S2/c1-11(2)18-19-12(3)16(26-18)17(23)20-14-10-13(6-7-15(14)22)27(24,25)21-8-4-5-9-21/h6-7,10-11,22H,4-5,8-9H2,1-3H3,(H,20,23). The topological polar surface area (TPSA) is 99.6 Å². The lowest BCUT2D eigenvalue weighted by Crippen LogP contribution is -2.28. The first-order valence-electron chi connectivity index (χ1n) is 8.82. The highest BCUT2D eigenvalue weighted by atomic mass is 32.2. The quantitative estimate of drug-likeness (QED) is 0.738. The molecule has 1 aliphatic heterocycles. The zero-order valence-electron chi connectivity index (χ0n) is 15.5. The highest BCUT2D eigenvalue weighted by molar-refractivity contribution is 7.89. The van der Waals surface area contributed by atoms with E-state index >= 15 is 0 Å². The van der Waals surface area contributed by atoms with Gasteiger partial charge in [-0.3, -0.25) is 4.79 Å². The zero-order valence-corrected chi connectivity index (χ0v) is 17.2. The van der Waals surface area contributed by atoms with E-state index in [0.717, 1.165) is 17.8 Å². The van der Waals surface area contributed by atoms with Gasteiger partial charge in [-0.1, -0.05) is 13.8 Å². The van der Waals surface area contributed by atoms with E-state index in [1.807, 2.05) is 13.8 Å². The number of carbonyl (C=O) groups excluding carboxylic acids is 1. The van der Waals surface area contributed by atoms with Gasteiger partial charge in [0.15, 0.2) is 0 Å². The van der Waals surface area contributed by atoms with E-state index < -0.39 is 15.9 Å². The molecule has 1 aromatic heterocycles. The van der Waals surface area contributed by atoms with Crippen LogP contribution in [0, 0.1) is 6.92 Å². The summed E-state index contributed by atoms with van der Waals surface area (Å²) >= 11 is 1.30. The van der Waals surface area contributed by atoms with Crippen LogP contribution in [0.1, 0.15) is 53.0 Å². The van der Waals surface area contributed by atoms with E-state index in [1.54, 1.807) is 6.92 Å². The lowest BCUT2D eigenvalue weighted by Gasteiger charge is -2.16. The van der Waals surface area contributed by atoms with Gasteiger partial charge in [0, 0.05) is 19.0 Å². The fourth-order valence-electron chi connectivity index (χ4n) is 2.91. The highest BCUT2D eigenvalue weighted by Crippen LogP contribution is 2.31. The van der Waals surface area contributed by atoms with Crippen molar-refractivity contribution < 1.29 is 18.3 Å². The molecule has 0 aliphatic carbocycles. The predicted molar refractivity (Wildman–Crippen MR) is 105 cm³/mol. The maximum Gasteiger partial charge on any atom is 0.267 e. The summed E-state index contributed by atoms with van der Waals surface area (Å²) in [6.45, 7) is 6.73. The van der Waals surface area contributed by atoms with E-state index in [-0.39, 0.29) is 22.3 Å². The van der Waals surface area contributed by atoms with Crippen LogP contribution in [0.4, 0.5) is 5.69 Å². The van der Waals surface area contributed by atoms with Gasteiger partial charge in [0.25, 0.3) is 5.91 Å². The van der Waals surface area contributed by atoms with Gasteiger partial charge in [-0.05, 0) is 38.0 Å². The van der Waals surface area contributed by atoms with E-state index in [1.165, 1.54) is 33.8 Å². The number of carbonyl (C=O) groups is 1. The Kier molecular flexibility index (Phi) is 5.55. The number of nitrogens with zero attached hydrogens (tertiary/aromatic N) is 2. The summed E-state index contributed by atoms with van der Waals surface area (Å²) in [6, 6.07) is 3.95. The monoisotopic (exact) mass is 409 g/mol. The Hall–Kier alpha value is -1.97. The van der Waals surface area contributed by atoms with Gasteiger partial charge in [0.05, 0.1) is 21.3 Å². The number of aromatic nitrogens is 1. The van der Waals surface area contributed by atoms with Crippen LogP contribution in [0.2, 0.25) is 0 Å². The predicted octanol–water partition coefficient (Wildman–Crippen LogP) is 3.32. The van der Waals surface area contributed by atoms with Crippen LogP contribution in [0.15, 0.2) is 23.1 Å². The third-order valence-electron chi connectivity index (χ3n) is 4.43. The van der Waals surface area contributed by atoms with Crippen LogP contribution in [0.3, 0.4) is 0 Å². The molecule has 0 radical (unpaired) electrons. The Morgan fingerprint density at radius 3 is 2.56 bits per heavy atom. The van der Waals surface area contributed by atoms with Crippen LogP contribution < -0.4 is 5.32 Å². The van der Waals surface area contributed by atoms with Crippen molar-refractivity contribution in [1.82, 2.24) is 9.29 Å². The molecule has 0 atom stereocenters. The minimum absolute atomic E-state index is 0.0568. The second-order valence-corrected chi connectivity index (χ2v) is 9.83. The number of aromatic hydroxyl groups is 1. The molecule has 27 heavy (non-hydrogen) atoms. The van der Waals surface area contributed by atoms with Gasteiger partial charge in [0.2, 0.25) is 10.0 Å². The van der Waals surface area contributed by atoms with E-state index in [4.69, 9.17) is 0 Å². The van der Waals surface area contributed by atoms with Gasteiger partial charge >= 0.3 is 0 Å². The van der Waals surface area contributed by atoms with Crippen molar-refractivity contribution >= 4 is 33.0 Å². The van der Waals surface area contributed by atoms with Crippen LogP contribution in [-0.4, -0.2) is 41.8 Å². The Morgan fingerprint density at radius 1 is 1.30 bits per heavy atom. The van der Waals surface area contributed by atoms with Gasteiger partial charge in [-0.15, -0.1) is 11.3 Å². The number of phenols is 1. The first-order valence-corrected chi connectivity index (χ1v) is 11.1. The van der Waals surface area contributed by atoms with E-state index in [9.17, 15) is 18.3 Å². The Morgan fingerprint density at radius 2 is 1.96 bits per heavy atom. The van der Waals surface area contributed by atoms with E-state index in [0.29, 0.717) is 23.7 Å². The summed E-state index contributed by atoms with van der Waals surface area (Å²) in [5.41, 5.74) is 0.681. The first-order chi connectivity index (χ1) is 12.7. The largest absolute Gasteiger partial charge is 0.506 e. The van der Waals surface area contributed by atoms with Gasteiger partial charge < -0.3 is 10.4 Å². The first kappa shape index (κ1) is 19.8. The number of hydrogen-bond donors (Lipinski definition) is 2. The Labute approximate surface area is 163 Å². The second-order valence-electron chi connectivity index (χ2n) is 6.87. The molecule has 2 heterocycles. The molecule has 7 nitrogen and oxygen atoms in total. The number of hydrogen-bond acceptors (Lipinski definition) is 6. The SMILES string of the molecule is Cc1nc(C(C)C)sc1C(=O)Nc1cc(S(=O)(=O)N2CCCC2)ccc1O. The summed E-state index contributed by atoms with van der Waals surface area (Å²) in [5.74, 6) is -0.393. The fourth-order valence-corrected chi connectivity index (χ4v) is 5.42. The number of anilines is 1. The van der Waals surface area contributed by atoms with Crippen molar-refractivity contribution in [3.05, 3.63) is 33.8 Å². The van der Waals surface area contributed by atoms with Crippen molar-refractivity contribution in [2.75, 3.05) is 18.4 Å². The van der Waals surface area contributed by atoms with Crippen molar-refractivity contribution in [2.24, 2.45) is 0 Å². The van der Waals surface area contributed by atoms with Crippen LogP contribution >= 0.6 is 11.3 Å². The Balaban J connectivity index is 1.88. The zero-order chi connectivity index (χ0) is 19.8. The molecule has 2 aromatic rings. The Bertz CT molecular complexity index is 961. The third kappa shape index (κ3) is 3.99. The highest BCUT2D eigenvalue weighted by Gasteiger charge is 2.28. The summed E-state index contributed by atoms with van der Waals surface area (Å²) in [4.78, 5) is 17.5. The summed E-state index contributed by atoms with van der Waals surface area (Å²) < 4.78 is 26.8. The van der Waals surface area contributed by atoms with Gasteiger partial charge in [-0.25, -0.2) is 13.4 Å². The minimum Gasteiger partial charge on any atom is -0.506 e. The van der Waals surface area contributed by atoms with Crippen molar-refractivity contribution in [1.29, 1.82) is 0 Å². The molecule has 1 saturated heterocycles. The molecular weight excluding hydrogens is 386 g/mol. The minimum atomic E-state index is -3.63. The summed E-state index contributed by atoms with van der Waals surface area (Å²) in [6.07, 6.45) is 1.67. The average Bonchev–Trinajstić information content (AvgIpc) is 3.26. The molecule has 1 fully saturated rings. The van der Waals surface area contributed by atoms with Gasteiger partial charge in [-0.2, -0.15) is 4.31 Å². The van der Waals surface area contributed by atoms with Crippen molar-refractivity contribution in [3.8, 4) is 5.75 Å². The molecule has 0 bridgehead atoms. The number of aryl methyl sites for hydroxylation is 1. The number of thiazole rings is 1. The molecule has 2 N–H and O–H groups in total. The normalized spacial score (nSPS) is 15.4. The molecule has 0 unspecified atom stereocenters. The molecular formula is C18H23N3O4S2. The molecule has 146 valence electrons. The number of sulfonamides is 1. The lowest BCUT2D eigenvalue weighted by molar-refractivity contribution is 0.102. The third-order valence-corrected chi connectivity index (χ3v) is 7.78. The molecule has 0 spiro atoms. The number of phenolic OH excluding ortho intramolecular Hbond substituents is 1. The molecule has 1 amide bonds. The second kappa shape index (κ2) is 7.57. The average molecular weight is 410 g/mol. The number of nitrogens with one attached hydrogen (secondary N) is 1. The summed E-state index contributed by atoms with van der Waals surface area (Å²) in [7, 11) is -3.63. The maximum absolute atomic E-state index is 12.7. The molecule has 9 heteroatoms. The van der Waals surface area contributed by atoms with Gasteiger partial charge in [0.1, 0.15) is 10.6 Å². The molecule has 0 saturated carbocycles. The summed E-state index contributed by atoms with van der Waals surface area (Å²) in [5, 5.41) is 13.6. The van der Waals surface area contributed by atoms with Crippen LogP contribution in [-0.2, 0) is 10.0 Å². The lowest BCUT2D eigenvalue weighted by atomic mass is 10.2. The number of benzene rings is 1. The molecule has 1 aliphatic rings. The smallest absolute Gasteiger partial charge is 0.267 e. The molecule has 3 rings (SSSR count). The van der Waals surface area contributed by atoms with Crippen molar-refractivity contribution in [3.63, 3.8) is 0 Å². The number of amides is 1. The van der Waals surface area contributed by atoms with Crippen LogP contribution in [0.25, 0.3) is 0 Å². The molecule has 1 aromatic carbocycles. The number of rotatable bonds is 5. The van der Waals surface area contributed by atoms with Crippen molar-refractivity contribution in [2.45, 2.75) is 44.4 Å². The van der Waals surface area contributed by atoms with E-state index in [2.05, 4.69) is 10.3 Å². The van der Waals surface area contributed by atoms with Crippen LogP contribution in [0.5, 0.6) is 5.75 Å². The fraction of sp³-hybridized carbons (Fsp3) is 0.444.